The first-order valence-corrected chi connectivity index (χ1v) is 5.39. The standard InChI is InChI=1S/C12H20/c1-2-3-4-6-9-12-10-7-5-8-11-12/h12H,2-4,6-7,9-11H2,1H3. The molecule has 0 saturated carbocycles. The fourth-order valence-corrected chi connectivity index (χ4v) is 1.79. The monoisotopic (exact) mass is 164 g/mol. The second-order valence-electron chi connectivity index (χ2n) is 3.81. The van der Waals surface area contributed by atoms with E-state index in [1.165, 1.54) is 44.9 Å². The van der Waals surface area contributed by atoms with Crippen molar-refractivity contribution in [2.75, 3.05) is 0 Å². The van der Waals surface area contributed by atoms with Gasteiger partial charge >= 0.3 is 0 Å². The van der Waals surface area contributed by atoms with E-state index in [2.05, 4.69) is 18.8 Å². The van der Waals surface area contributed by atoms with Crippen LogP contribution in [0.1, 0.15) is 58.3 Å². The van der Waals surface area contributed by atoms with Crippen LogP contribution in [0, 0.1) is 17.8 Å². The van der Waals surface area contributed by atoms with E-state index >= 15 is 0 Å². The van der Waals surface area contributed by atoms with Crippen molar-refractivity contribution in [2.45, 2.75) is 58.3 Å². The van der Waals surface area contributed by atoms with Crippen molar-refractivity contribution in [3.63, 3.8) is 0 Å². The Hall–Kier alpha value is -0.440. The second-order valence-corrected chi connectivity index (χ2v) is 3.81. The van der Waals surface area contributed by atoms with Gasteiger partial charge in [0.1, 0.15) is 0 Å². The second kappa shape index (κ2) is 6.12. The third-order valence-electron chi connectivity index (χ3n) is 2.66. The van der Waals surface area contributed by atoms with E-state index in [1.807, 2.05) is 0 Å². The molecule has 0 heterocycles. The van der Waals surface area contributed by atoms with Gasteiger partial charge in [-0.2, -0.15) is 0 Å². The lowest BCUT2D eigenvalue weighted by atomic mass is 9.91. The average Bonchev–Trinajstić information content (AvgIpc) is 2.14. The molecule has 0 heteroatoms. The van der Waals surface area contributed by atoms with E-state index in [4.69, 9.17) is 0 Å². The Labute approximate surface area is 76.7 Å². The van der Waals surface area contributed by atoms with Crippen molar-refractivity contribution in [1.29, 1.82) is 0 Å². The van der Waals surface area contributed by atoms with Gasteiger partial charge in [-0.25, -0.2) is 0 Å². The van der Waals surface area contributed by atoms with Crippen LogP contribution in [-0.2, 0) is 0 Å². The summed E-state index contributed by atoms with van der Waals surface area (Å²) in [4.78, 5) is 0. The first-order chi connectivity index (χ1) is 5.93. The molecular weight excluding hydrogens is 144 g/mol. The molecule has 0 bridgehead atoms. The molecule has 1 aliphatic carbocycles. The summed E-state index contributed by atoms with van der Waals surface area (Å²) >= 11 is 0. The van der Waals surface area contributed by atoms with E-state index in [-0.39, 0.29) is 0 Å². The zero-order chi connectivity index (χ0) is 8.65. The zero-order valence-electron chi connectivity index (χ0n) is 8.23. The van der Waals surface area contributed by atoms with Gasteiger partial charge in [-0.1, -0.05) is 32.6 Å². The summed E-state index contributed by atoms with van der Waals surface area (Å²) in [6.07, 6.45) is 10.7. The summed E-state index contributed by atoms with van der Waals surface area (Å²) in [5, 5.41) is 0. The minimum Gasteiger partial charge on any atom is -0.103 e. The highest BCUT2D eigenvalue weighted by Gasteiger charge is 2.08. The third-order valence-corrected chi connectivity index (χ3v) is 2.66. The molecule has 0 aromatic heterocycles. The Bertz CT molecular complexity index is 159. The molecule has 1 atom stereocenters. The van der Waals surface area contributed by atoms with Gasteiger partial charge in [-0.05, 0) is 18.8 Å². The highest BCUT2D eigenvalue weighted by molar-refractivity contribution is 5.04. The molecule has 0 spiro atoms. The fraction of sp³-hybridized carbons (Fsp3) is 0.833. The van der Waals surface area contributed by atoms with Crippen LogP contribution >= 0.6 is 0 Å². The Balaban J connectivity index is 1.97. The number of rotatable bonds is 5. The van der Waals surface area contributed by atoms with Crippen molar-refractivity contribution in [3.8, 4) is 11.8 Å². The van der Waals surface area contributed by atoms with Gasteiger partial charge in [0, 0.05) is 12.8 Å². The van der Waals surface area contributed by atoms with Gasteiger partial charge < -0.3 is 0 Å². The van der Waals surface area contributed by atoms with Crippen LogP contribution in [0.3, 0.4) is 0 Å². The molecule has 12 heavy (non-hydrogen) atoms. The van der Waals surface area contributed by atoms with Gasteiger partial charge in [0.05, 0.1) is 0 Å². The van der Waals surface area contributed by atoms with Gasteiger partial charge in [-0.15, -0.1) is 11.8 Å². The maximum absolute atomic E-state index is 3.23. The quantitative estimate of drug-likeness (QED) is 0.428. The van der Waals surface area contributed by atoms with E-state index in [9.17, 15) is 0 Å². The molecule has 0 nitrogen and oxygen atoms in total. The number of unbranched alkanes of at least 4 members (excludes halogenated alkanes) is 3. The van der Waals surface area contributed by atoms with Crippen molar-refractivity contribution >= 4 is 0 Å². The van der Waals surface area contributed by atoms with E-state index in [0.717, 1.165) is 12.3 Å². The predicted octanol–water partition coefficient (Wildman–Crippen LogP) is 3.76. The van der Waals surface area contributed by atoms with Crippen molar-refractivity contribution in [3.05, 3.63) is 0 Å². The highest BCUT2D eigenvalue weighted by Crippen LogP contribution is 2.21. The molecule has 1 unspecified atom stereocenters. The Kier molecular flexibility index (Phi) is 4.92. The van der Waals surface area contributed by atoms with Gasteiger partial charge in [0.25, 0.3) is 0 Å². The maximum atomic E-state index is 3.23. The van der Waals surface area contributed by atoms with Crippen LogP contribution in [0.5, 0.6) is 0 Å². The summed E-state index contributed by atoms with van der Waals surface area (Å²) < 4.78 is 0. The van der Waals surface area contributed by atoms with Gasteiger partial charge in [-0.3, -0.25) is 0 Å². The van der Waals surface area contributed by atoms with Crippen molar-refractivity contribution in [2.24, 2.45) is 5.92 Å². The molecule has 68 valence electrons. The Morgan fingerprint density at radius 3 is 2.75 bits per heavy atom. The molecule has 0 aliphatic heterocycles. The molecule has 0 saturated heterocycles. The topological polar surface area (TPSA) is 0 Å². The Morgan fingerprint density at radius 1 is 1.17 bits per heavy atom. The lowest BCUT2D eigenvalue weighted by Crippen LogP contribution is -2.02. The summed E-state index contributed by atoms with van der Waals surface area (Å²) in [5.41, 5.74) is 0. The normalized spacial score (nSPS) is 21.6. The SMILES string of the molecule is CCCCCCC1CC#CCC1. The minimum absolute atomic E-state index is 0.933. The van der Waals surface area contributed by atoms with Crippen molar-refractivity contribution in [1.82, 2.24) is 0 Å². The molecule has 0 amide bonds. The van der Waals surface area contributed by atoms with Crippen LogP contribution in [0.4, 0.5) is 0 Å². The first kappa shape index (κ1) is 9.65. The van der Waals surface area contributed by atoms with Crippen LogP contribution in [-0.4, -0.2) is 0 Å². The van der Waals surface area contributed by atoms with Crippen LogP contribution < -0.4 is 0 Å². The third kappa shape index (κ3) is 3.81. The maximum Gasteiger partial charge on any atom is 0.0117 e. The molecule has 0 fully saturated rings. The zero-order valence-corrected chi connectivity index (χ0v) is 8.23. The average molecular weight is 164 g/mol. The molecule has 1 rings (SSSR count). The molecule has 0 aromatic carbocycles. The lowest BCUT2D eigenvalue weighted by Gasteiger charge is -2.14. The number of hydrogen-bond acceptors (Lipinski definition) is 0. The predicted molar refractivity (Wildman–Crippen MR) is 53.9 cm³/mol. The summed E-state index contributed by atoms with van der Waals surface area (Å²) in [7, 11) is 0. The summed E-state index contributed by atoms with van der Waals surface area (Å²) in [6.45, 7) is 2.27. The molecule has 0 radical (unpaired) electrons. The first-order valence-electron chi connectivity index (χ1n) is 5.39. The van der Waals surface area contributed by atoms with Crippen LogP contribution in [0.25, 0.3) is 0 Å². The number of hydrogen-bond donors (Lipinski definition) is 0. The van der Waals surface area contributed by atoms with E-state index in [1.54, 1.807) is 0 Å². The minimum atomic E-state index is 0.933. The van der Waals surface area contributed by atoms with E-state index in [0.29, 0.717) is 0 Å². The fourth-order valence-electron chi connectivity index (χ4n) is 1.79. The Morgan fingerprint density at radius 2 is 2.08 bits per heavy atom. The van der Waals surface area contributed by atoms with Crippen LogP contribution in [0.15, 0.2) is 0 Å². The van der Waals surface area contributed by atoms with Crippen LogP contribution in [0.2, 0.25) is 0 Å². The molecule has 1 aliphatic rings. The lowest BCUT2D eigenvalue weighted by molar-refractivity contribution is 0.433. The molecule has 0 aromatic rings. The molecular formula is C12H20. The van der Waals surface area contributed by atoms with E-state index < -0.39 is 0 Å². The van der Waals surface area contributed by atoms with Crippen molar-refractivity contribution < 1.29 is 0 Å². The smallest absolute Gasteiger partial charge is 0.0117 e. The van der Waals surface area contributed by atoms with Gasteiger partial charge in [0.15, 0.2) is 0 Å². The molecule has 0 N–H and O–H groups in total. The summed E-state index contributed by atoms with van der Waals surface area (Å²) in [5.74, 6) is 7.33. The van der Waals surface area contributed by atoms with Gasteiger partial charge in [0.2, 0.25) is 0 Å². The largest absolute Gasteiger partial charge is 0.103 e. The highest BCUT2D eigenvalue weighted by atomic mass is 14.1. The summed E-state index contributed by atoms with van der Waals surface area (Å²) in [6, 6.07) is 0.